The van der Waals surface area contributed by atoms with Crippen LogP contribution in [-0.2, 0) is 14.9 Å². The molecule has 28 heavy (non-hydrogen) atoms. The summed E-state index contributed by atoms with van der Waals surface area (Å²) in [7, 11) is 0. The van der Waals surface area contributed by atoms with Crippen LogP contribution in [0, 0.1) is 17.8 Å². The van der Waals surface area contributed by atoms with Crippen LogP contribution in [0.15, 0.2) is 24.3 Å². The number of carbonyl (C=O) groups is 1. The lowest BCUT2D eigenvalue weighted by atomic mass is 9.65. The van der Waals surface area contributed by atoms with E-state index in [4.69, 9.17) is 22.1 Å². The first-order chi connectivity index (χ1) is 13.1. The molecule has 2 bridgehead atoms. The molecular formula is C22H32Cl2N2O2. The molecule has 2 saturated carbocycles. The van der Waals surface area contributed by atoms with E-state index in [1.807, 2.05) is 18.2 Å². The zero-order valence-electron chi connectivity index (χ0n) is 16.4. The molecule has 2 unspecified atom stereocenters. The zero-order chi connectivity index (χ0) is 18.9. The highest BCUT2D eigenvalue weighted by Crippen LogP contribution is 2.42. The maximum atomic E-state index is 13.0. The molecule has 1 aromatic rings. The summed E-state index contributed by atoms with van der Waals surface area (Å²) in [6.07, 6.45) is 7.31. The SMILES string of the molecule is Cl.NC1C2CCCC1CC(C(=O)NCC1(c3ccccc3Cl)CCOCC1)C2. The van der Waals surface area contributed by atoms with Gasteiger partial charge in [-0.2, -0.15) is 0 Å². The van der Waals surface area contributed by atoms with Crippen LogP contribution in [0.25, 0.3) is 0 Å². The Hall–Kier alpha value is -0.810. The van der Waals surface area contributed by atoms with Crippen LogP contribution < -0.4 is 11.1 Å². The number of nitrogens with two attached hydrogens (primary N) is 1. The first kappa shape index (κ1) is 21.9. The summed E-state index contributed by atoms with van der Waals surface area (Å²) in [4.78, 5) is 13.0. The van der Waals surface area contributed by atoms with Crippen LogP contribution in [0.5, 0.6) is 0 Å². The average Bonchev–Trinajstić information content (AvgIpc) is 2.67. The van der Waals surface area contributed by atoms with E-state index in [2.05, 4.69) is 11.4 Å². The van der Waals surface area contributed by atoms with Crippen LogP contribution >= 0.6 is 24.0 Å². The highest BCUT2D eigenvalue weighted by molar-refractivity contribution is 6.31. The van der Waals surface area contributed by atoms with Gasteiger partial charge in [0, 0.05) is 42.2 Å². The molecule has 1 aromatic carbocycles. The minimum Gasteiger partial charge on any atom is -0.381 e. The summed E-state index contributed by atoms with van der Waals surface area (Å²) < 4.78 is 5.60. The summed E-state index contributed by atoms with van der Waals surface area (Å²) >= 11 is 6.52. The molecule has 4 nitrogen and oxygen atoms in total. The van der Waals surface area contributed by atoms with E-state index in [0.29, 0.717) is 37.6 Å². The standard InChI is InChI=1S/C22H31ClN2O2.ClH/c23-19-7-2-1-6-18(19)22(8-10-27-11-9-22)14-25-21(26)17-12-15-4-3-5-16(13-17)20(15)24;/h1-2,6-7,15-17,20H,3-5,8-14,24H2,(H,25,26);1H. The van der Waals surface area contributed by atoms with Crippen molar-refractivity contribution in [1.82, 2.24) is 5.32 Å². The van der Waals surface area contributed by atoms with Crippen molar-refractivity contribution in [2.75, 3.05) is 19.8 Å². The number of fused-ring (bicyclic) bond motifs is 2. The van der Waals surface area contributed by atoms with Crippen molar-refractivity contribution in [2.24, 2.45) is 23.5 Å². The molecule has 3 aliphatic rings. The van der Waals surface area contributed by atoms with Crippen LogP contribution in [0.2, 0.25) is 5.02 Å². The van der Waals surface area contributed by atoms with E-state index in [0.717, 1.165) is 36.3 Å². The third kappa shape index (κ3) is 4.35. The van der Waals surface area contributed by atoms with Gasteiger partial charge in [-0.3, -0.25) is 4.79 Å². The second kappa shape index (κ2) is 9.34. The first-order valence-electron chi connectivity index (χ1n) is 10.5. The van der Waals surface area contributed by atoms with Gasteiger partial charge in [-0.05, 0) is 62.0 Å². The summed E-state index contributed by atoms with van der Waals surface area (Å²) in [6.45, 7) is 2.06. The van der Waals surface area contributed by atoms with Gasteiger partial charge in [0.15, 0.2) is 0 Å². The molecule has 6 heteroatoms. The molecule has 1 heterocycles. The predicted molar refractivity (Wildman–Crippen MR) is 115 cm³/mol. The number of amides is 1. The van der Waals surface area contributed by atoms with Crippen LogP contribution in [0.3, 0.4) is 0 Å². The van der Waals surface area contributed by atoms with Crippen molar-refractivity contribution in [3.8, 4) is 0 Å². The number of nitrogens with one attached hydrogen (secondary N) is 1. The summed E-state index contributed by atoms with van der Waals surface area (Å²) in [5.41, 5.74) is 7.40. The average molecular weight is 427 g/mol. The molecule has 1 aliphatic heterocycles. The van der Waals surface area contributed by atoms with Gasteiger partial charge in [0.1, 0.15) is 0 Å². The second-order valence-corrected chi connectivity index (χ2v) is 9.19. The van der Waals surface area contributed by atoms with Crippen molar-refractivity contribution >= 4 is 29.9 Å². The number of hydrogen-bond donors (Lipinski definition) is 2. The molecular weight excluding hydrogens is 395 g/mol. The van der Waals surface area contributed by atoms with Crippen molar-refractivity contribution in [3.63, 3.8) is 0 Å². The van der Waals surface area contributed by atoms with Crippen molar-refractivity contribution < 1.29 is 9.53 Å². The molecule has 156 valence electrons. The fourth-order valence-electron chi connectivity index (χ4n) is 5.60. The Bertz CT molecular complexity index is 664. The highest BCUT2D eigenvalue weighted by Gasteiger charge is 2.42. The van der Waals surface area contributed by atoms with Crippen molar-refractivity contribution in [2.45, 2.75) is 56.4 Å². The maximum absolute atomic E-state index is 13.0. The molecule has 1 saturated heterocycles. The van der Waals surface area contributed by atoms with Crippen LogP contribution in [0.1, 0.15) is 50.5 Å². The Labute approximate surface area is 179 Å². The normalized spacial score (nSPS) is 31.5. The minimum atomic E-state index is -0.132. The number of ether oxygens (including phenoxy) is 1. The fraction of sp³-hybridized carbons (Fsp3) is 0.682. The molecule has 2 aliphatic carbocycles. The van der Waals surface area contributed by atoms with E-state index >= 15 is 0 Å². The minimum absolute atomic E-state index is 0. The Morgan fingerprint density at radius 2 is 1.82 bits per heavy atom. The number of hydrogen-bond acceptors (Lipinski definition) is 3. The zero-order valence-corrected chi connectivity index (χ0v) is 17.9. The molecule has 2 atom stereocenters. The summed E-state index contributed by atoms with van der Waals surface area (Å²) in [5, 5.41) is 4.08. The molecule has 3 fully saturated rings. The van der Waals surface area contributed by atoms with Crippen molar-refractivity contribution in [1.29, 1.82) is 0 Å². The lowest BCUT2D eigenvalue weighted by molar-refractivity contribution is -0.128. The molecule has 0 aromatic heterocycles. The third-order valence-corrected chi connectivity index (χ3v) is 7.61. The van der Waals surface area contributed by atoms with Gasteiger partial charge in [0.05, 0.1) is 0 Å². The van der Waals surface area contributed by atoms with E-state index in [1.54, 1.807) is 0 Å². The number of rotatable bonds is 4. The smallest absolute Gasteiger partial charge is 0.223 e. The third-order valence-electron chi connectivity index (χ3n) is 7.28. The molecule has 0 spiro atoms. The van der Waals surface area contributed by atoms with Crippen LogP contribution in [-0.4, -0.2) is 31.7 Å². The predicted octanol–water partition coefficient (Wildman–Crippen LogP) is 4.08. The van der Waals surface area contributed by atoms with Gasteiger partial charge in [-0.25, -0.2) is 0 Å². The largest absolute Gasteiger partial charge is 0.381 e. The second-order valence-electron chi connectivity index (χ2n) is 8.79. The van der Waals surface area contributed by atoms with E-state index in [1.165, 1.54) is 19.3 Å². The lowest BCUT2D eigenvalue weighted by Gasteiger charge is -2.44. The highest BCUT2D eigenvalue weighted by atomic mass is 35.5. The monoisotopic (exact) mass is 426 g/mol. The molecule has 1 amide bonds. The van der Waals surface area contributed by atoms with Crippen LogP contribution in [0.4, 0.5) is 0 Å². The lowest BCUT2D eigenvalue weighted by Crippen LogP contribution is -2.51. The van der Waals surface area contributed by atoms with Gasteiger partial charge in [-0.15, -0.1) is 12.4 Å². The van der Waals surface area contributed by atoms with Gasteiger partial charge in [-0.1, -0.05) is 36.2 Å². The van der Waals surface area contributed by atoms with Gasteiger partial charge >= 0.3 is 0 Å². The van der Waals surface area contributed by atoms with Gasteiger partial charge in [0.2, 0.25) is 5.91 Å². The van der Waals surface area contributed by atoms with Crippen molar-refractivity contribution in [3.05, 3.63) is 34.9 Å². The van der Waals surface area contributed by atoms with Gasteiger partial charge < -0.3 is 15.8 Å². The Morgan fingerprint density at radius 3 is 2.46 bits per heavy atom. The quantitative estimate of drug-likeness (QED) is 0.761. The molecule has 4 rings (SSSR count). The van der Waals surface area contributed by atoms with E-state index in [9.17, 15) is 4.79 Å². The Balaban J connectivity index is 0.00000225. The summed E-state index contributed by atoms with van der Waals surface area (Å²) in [6, 6.07) is 8.34. The van der Waals surface area contributed by atoms with E-state index < -0.39 is 0 Å². The Kier molecular flexibility index (Phi) is 7.30. The summed E-state index contributed by atoms with van der Waals surface area (Å²) in [5.74, 6) is 1.36. The number of halogens is 2. The topological polar surface area (TPSA) is 64.4 Å². The van der Waals surface area contributed by atoms with Gasteiger partial charge in [0.25, 0.3) is 0 Å². The maximum Gasteiger partial charge on any atom is 0.223 e. The molecule has 0 radical (unpaired) electrons. The first-order valence-corrected chi connectivity index (χ1v) is 10.8. The fourth-order valence-corrected chi connectivity index (χ4v) is 5.93. The number of benzene rings is 1. The number of carbonyl (C=O) groups excluding carboxylic acids is 1. The molecule has 3 N–H and O–H groups in total. The van der Waals surface area contributed by atoms with E-state index in [-0.39, 0.29) is 29.6 Å². The Morgan fingerprint density at radius 1 is 1.18 bits per heavy atom.